The molecule has 1 aliphatic heterocycles. The van der Waals surface area contributed by atoms with Gasteiger partial charge in [0, 0.05) is 38.9 Å². The number of benzene rings is 1. The van der Waals surface area contributed by atoms with Crippen LogP contribution >= 0.6 is 0 Å². The number of aromatic nitrogens is 2. The van der Waals surface area contributed by atoms with Gasteiger partial charge >= 0.3 is 0 Å². The molecule has 1 aliphatic carbocycles. The number of halogens is 1. The van der Waals surface area contributed by atoms with Gasteiger partial charge in [-0.05, 0) is 55.9 Å². The highest BCUT2D eigenvalue weighted by Crippen LogP contribution is 2.39. The fourth-order valence-electron chi connectivity index (χ4n) is 4.40. The topological polar surface area (TPSA) is 61.7 Å². The van der Waals surface area contributed by atoms with Crippen molar-refractivity contribution in [2.75, 3.05) is 37.0 Å². The molecule has 1 N–H and O–H groups in total. The monoisotopic (exact) mass is 386 g/mol. The van der Waals surface area contributed by atoms with Gasteiger partial charge < -0.3 is 19.6 Å². The largest absolute Gasteiger partial charge is 0.488 e. The number of hydrogen-bond acceptors (Lipinski definition) is 6. The number of rotatable bonds is 4. The van der Waals surface area contributed by atoms with Crippen molar-refractivity contribution in [2.45, 2.75) is 32.0 Å². The number of aliphatic hydroxyl groups excluding tert-OH is 1. The first-order valence-corrected chi connectivity index (χ1v) is 9.77. The maximum absolute atomic E-state index is 13.1. The molecule has 0 radical (unpaired) electrons. The third-order valence-corrected chi connectivity index (χ3v) is 5.82. The zero-order valence-corrected chi connectivity index (χ0v) is 16.5. The summed E-state index contributed by atoms with van der Waals surface area (Å²) in [6.45, 7) is 3.72. The standard InChI is InChI=1S/C21H27FN4O2/c1-13-10-23-21(24-20(13)25(2)3)26-11-14-8-18(27)19(9-15(14)12-26)28-17-6-4-16(22)5-7-17/h4-7,10,14-15,18-19,27H,8-9,11-12H2,1-3H3/t14-,15+,18+,19+/m0/s1. The van der Waals surface area contributed by atoms with E-state index in [0.29, 0.717) is 24.0 Å². The van der Waals surface area contributed by atoms with E-state index < -0.39 is 6.10 Å². The van der Waals surface area contributed by atoms with Crippen molar-refractivity contribution in [2.24, 2.45) is 11.8 Å². The Hall–Kier alpha value is -2.41. The second-order valence-electron chi connectivity index (χ2n) is 8.15. The average Bonchev–Trinajstić information content (AvgIpc) is 3.06. The van der Waals surface area contributed by atoms with Crippen LogP contribution in [0.15, 0.2) is 30.5 Å². The van der Waals surface area contributed by atoms with Crippen molar-refractivity contribution in [1.29, 1.82) is 0 Å². The molecular weight excluding hydrogens is 359 g/mol. The Morgan fingerprint density at radius 1 is 1.14 bits per heavy atom. The van der Waals surface area contributed by atoms with E-state index in [-0.39, 0.29) is 11.9 Å². The van der Waals surface area contributed by atoms with Gasteiger partial charge in [-0.2, -0.15) is 4.98 Å². The summed E-state index contributed by atoms with van der Waals surface area (Å²) in [6.07, 6.45) is 2.53. The van der Waals surface area contributed by atoms with E-state index in [2.05, 4.69) is 9.88 Å². The highest BCUT2D eigenvalue weighted by molar-refractivity contribution is 5.49. The molecule has 1 aromatic heterocycles. The van der Waals surface area contributed by atoms with Crippen LogP contribution in [0.1, 0.15) is 18.4 Å². The molecule has 0 unspecified atom stereocenters. The first-order chi connectivity index (χ1) is 13.4. The van der Waals surface area contributed by atoms with Crippen molar-refractivity contribution in [3.63, 3.8) is 0 Å². The minimum Gasteiger partial charge on any atom is -0.488 e. The van der Waals surface area contributed by atoms with Gasteiger partial charge in [0.25, 0.3) is 0 Å². The lowest BCUT2D eigenvalue weighted by molar-refractivity contribution is -0.0231. The van der Waals surface area contributed by atoms with E-state index in [4.69, 9.17) is 9.72 Å². The van der Waals surface area contributed by atoms with Crippen molar-refractivity contribution < 1.29 is 14.2 Å². The summed E-state index contributed by atoms with van der Waals surface area (Å²) in [7, 11) is 3.97. The Labute approximate surface area is 165 Å². The molecule has 6 nitrogen and oxygen atoms in total. The van der Waals surface area contributed by atoms with E-state index in [1.807, 2.05) is 32.1 Å². The molecule has 2 aromatic rings. The zero-order chi connectivity index (χ0) is 19.8. The molecule has 7 heteroatoms. The predicted molar refractivity (Wildman–Crippen MR) is 106 cm³/mol. The molecule has 150 valence electrons. The fraction of sp³-hybridized carbons (Fsp3) is 0.524. The molecule has 4 rings (SSSR count). The van der Waals surface area contributed by atoms with Gasteiger partial charge in [0.1, 0.15) is 23.5 Å². The van der Waals surface area contributed by atoms with E-state index >= 15 is 0 Å². The van der Waals surface area contributed by atoms with E-state index in [1.54, 1.807) is 12.1 Å². The van der Waals surface area contributed by atoms with Crippen molar-refractivity contribution in [3.05, 3.63) is 41.8 Å². The third kappa shape index (κ3) is 3.76. The molecule has 4 atom stereocenters. The normalized spacial score (nSPS) is 26.8. The molecule has 2 fully saturated rings. The Bertz CT molecular complexity index is 830. The lowest BCUT2D eigenvalue weighted by Gasteiger charge is -2.35. The van der Waals surface area contributed by atoms with Crippen LogP contribution in [0, 0.1) is 24.6 Å². The van der Waals surface area contributed by atoms with Gasteiger partial charge in [0.15, 0.2) is 0 Å². The van der Waals surface area contributed by atoms with Gasteiger partial charge in [0.05, 0.1) is 6.10 Å². The smallest absolute Gasteiger partial charge is 0.227 e. The summed E-state index contributed by atoms with van der Waals surface area (Å²) < 4.78 is 19.1. The van der Waals surface area contributed by atoms with E-state index in [9.17, 15) is 9.50 Å². The fourth-order valence-corrected chi connectivity index (χ4v) is 4.40. The van der Waals surface area contributed by atoms with Crippen LogP contribution in [0.5, 0.6) is 5.75 Å². The number of aliphatic hydroxyl groups is 1. The van der Waals surface area contributed by atoms with E-state index in [0.717, 1.165) is 36.8 Å². The highest BCUT2D eigenvalue weighted by Gasteiger charge is 2.43. The Morgan fingerprint density at radius 3 is 2.50 bits per heavy atom. The molecule has 0 spiro atoms. The average molecular weight is 386 g/mol. The summed E-state index contributed by atoms with van der Waals surface area (Å²) >= 11 is 0. The van der Waals surface area contributed by atoms with Gasteiger partial charge in [-0.3, -0.25) is 0 Å². The zero-order valence-electron chi connectivity index (χ0n) is 16.5. The molecule has 1 aromatic carbocycles. The second kappa shape index (κ2) is 7.54. The summed E-state index contributed by atoms with van der Waals surface area (Å²) in [5.41, 5.74) is 1.05. The molecule has 2 aliphatic rings. The molecule has 0 amide bonds. The SMILES string of the molecule is Cc1cnc(N2C[C@H]3C[C@@H](Oc4ccc(F)cc4)[C@H](O)C[C@H]3C2)nc1N(C)C. The van der Waals surface area contributed by atoms with Crippen LogP contribution in [0.25, 0.3) is 0 Å². The van der Waals surface area contributed by atoms with Crippen LogP contribution < -0.4 is 14.5 Å². The molecule has 28 heavy (non-hydrogen) atoms. The summed E-state index contributed by atoms with van der Waals surface area (Å²) in [5.74, 6) is 2.79. The van der Waals surface area contributed by atoms with Crippen molar-refractivity contribution >= 4 is 11.8 Å². The molecule has 2 heterocycles. The van der Waals surface area contributed by atoms with Crippen molar-refractivity contribution in [3.8, 4) is 5.75 Å². The molecule has 1 saturated carbocycles. The van der Waals surface area contributed by atoms with Gasteiger partial charge in [-0.15, -0.1) is 0 Å². The predicted octanol–water partition coefficient (Wildman–Crippen LogP) is 2.64. The van der Waals surface area contributed by atoms with Crippen LogP contribution in [0.3, 0.4) is 0 Å². The van der Waals surface area contributed by atoms with E-state index in [1.165, 1.54) is 12.1 Å². The summed E-state index contributed by atoms with van der Waals surface area (Å²) in [6, 6.07) is 5.97. The van der Waals surface area contributed by atoms with Gasteiger partial charge in [-0.1, -0.05) is 0 Å². The number of aryl methyl sites for hydroxylation is 1. The maximum atomic E-state index is 13.1. The number of anilines is 2. The van der Waals surface area contributed by atoms with Crippen LogP contribution in [-0.2, 0) is 0 Å². The number of ether oxygens (including phenoxy) is 1. The highest BCUT2D eigenvalue weighted by atomic mass is 19.1. The van der Waals surface area contributed by atoms with Gasteiger partial charge in [0.2, 0.25) is 5.95 Å². The second-order valence-corrected chi connectivity index (χ2v) is 8.15. The van der Waals surface area contributed by atoms with Crippen LogP contribution in [0.2, 0.25) is 0 Å². The number of hydrogen-bond donors (Lipinski definition) is 1. The van der Waals surface area contributed by atoms with Crippen molar-refractivity contribution in [1.82, 2.24) is 9.97 Å². The lowest BCUT2D eigenvalue weighted by Crippen LogP contribution is -2.42. The lowest BCUT2D eigenvalue weighted by atomic mass is 9.78. The molecule has 0 bridgehead atoms. The summed E-state index contributed by atoms with van der Waals surface area (Å²) in [5, 5.41) is 10.6. The Kier molecular flexibility index (Phi) is 5.10. The number of fused-ring (bicyclic) bond motifs is 1. The third-order valence-electron chi connectivity index (χ3n) is 5.82. The molecular formula is C21H27FN4O2. The van der Waals surface area contributed by atoms with Gasteiger partial charge in [-0.25, -0.2) is 9.37 Å². The Balaban J connectivity index is 1.45. The minimum absolute atomic E-state index is 0.275. The maximum Gasteiger partial charge on any atom is 0.227 e. The van der Waals surface area contributed by atoms with Crippen LogP contribution in [-0.4, -0.2) is 54.5 Å². The first kappa shape index (κ1) is 18.9. The first-order valence-electron chi connectivity index (χ1n) is 9.77. The Morgan fingerprint density at radius 2 is 1.82 bits per heavy atom. The number of nitrogens with zero attached hydrogens (tertiary/aromatic N) is 4. The summed E-state index contributed by atoms with van der Waals surface area (Å²) in [4.78, 5) is 13.5. The molecule has 1 saturated heterocycles. The minimum atomic E-state index is -0.525. The quantitative estimate of drug-likeness (QED) is 0.872. The van der Waals surface area contributed by atoms with Crippen LogP contribution in [0.4, 0.5) is 16.2 Å².